The molecular weight excluding hydrogens is 227 g/mol. The molecule has 0 atom stereocenters. The maximum Gasteiger partial charge on any atom is 0.128 e. The number of nitrogens with zero attached hydrogens (tertiary/aromatic N) is 1. The van der Waals surface area contributed by atoms with E-state index < -0.39 is 0 Å². The Morgan fingerprint density at radius 2 is 1.89 bits per heavy atom. The monoisotopic (exact) mass is 252 g/mol. The molecule has 2 nitrogen and oxygen atoms in total. The van der Waals surface area contributed by atoms with Crippen molar-refractivity contribution in [2.45, 2.75) is 40.2 Å². The first-order valence-corrected chi connectivity index (χ1v) is 6.71. The lowest BCUT2D eigenvalue weighted by Gasteiger charge is -2.32. The Labute approximate surface area is 110 Å². The predicted octanol–water partition coefficient (Wildman–Crippen LogP) is 3.20. The third kappa shape index (κ3) is 3.70. The molecular formula is C15H25FN2. The molecule has 1 rings (SSSR count). The maximum atomic E-state index is 13.9. The van der Waals surface area contributed by atoms with Crippen LogP contribution in [-0.2, 0) is 6.42 Å². The van der Waals surface area contributed by atoms with Gasteiger partial charge in [0.2, 0.25) is 0 Å². The smallest absolute Gasteiger partial charge is 0.128 e. The van der Waals surface area contributed by atoms with Crippen molar-refractivity contribution in [2.75, 3.05) is 18.0 Å². The van der Waals surface area contributed by atoms with E-state index in [9.17, 15) is 4.39 Å². The first-order valence-electron chi connectivity index (χ1n) is 6.71. The molecule has 0 amide bonds. The van der Waals surface area contributed by atoms with Gasteiger partial charge in [0.1, 0.15) is 5.82 Å². The van der Waals surface area contributed by atoms with Crippen molar-refractivity contribution in [3.8, 4) is 0 Å². The van der Waals surface area contributed by atoms with Crippen LogP contribution < -0.4 is 10.6 Å². The highest BCUT2D eigenvalue weighted by atomic mass is 19.1. The van der Waals surface area contributed by atoms with Gasteiger partial charge in [0.25, 0.3) is 0 Å². The number of benzene rings is 1. The highest BCUT2D eigenvalue weighted by molar-refractivity contribution is 5.55. The molecule has 0 aliphatic carbocycles. The number of hydrogen-bond donors (Lipinski definition) is 1. The molecule has 0 radical (unpaired) electrons. The lowest BCUT2D eigenvalue weighted by atomic mass is 10.0. The molecule has 102 valence electrons. The lowest BCUT2D eigenvalue weighted by molar-refractivity contribution is 0.561. The summed E-state index contributed by atoms with van der Waals surface area (Å²) >= 11 is 0. The zero-order valence-electron chi connectivity index (χ0n) is 11.9. The van der Waals surface area contributed by atoms with Gasteiger partial charge in [0.05, 0.1) is 0 Å². The van der Waals surface area contributed by atoms with E-state index in [0.29, 0.717) is 24.9 Å². The number of halogens is 1. The summed E-state index contributed by atoms with van der Waals surface area (Å²) < 4.78 is 13.9. The topological polar surface area (TPSA) is 29.3 Å². The fraction of sp³-hybridized carbons (Fsp3) is 0.600. The van der Waals surface area contributed by atoms with Gasteiger partial charge in [-0.15, -0.1) is 0 Å². The molecule has 1 aromatic carbocycles. The predicted molar refractivity (Wildman–Crippen MR) is 76.5 cm³/mol. The minimum absolute atomic E-state index is 0.146. The highest BCUT2D eigenvalue weighted by Gasteiger charge is 2.17. The van der Waals surface area contributed by atoms with Crippen LogP contribution >= 0.6 is 0 Å². The molecule has 0 fully saturated rings. The summed E-state index contributed by atoms with van der Waals surface area (Å²) in [5.41, 5.74) is 7.33. The number of anilines is 1. The molecule has 0 unspecified atom stereocenters. The molecule has 2 N–H and O–H groups in total. The zero-order valence-corrected chi connectivity index (χ0v) is 11.9. The lowest BCUT2D eigenvalue weighted by Crippen LogP contribution is -2.35. The molecule has 0 aliphatic heterocycles. The van der Waals surface area contributed by atoms with Crippen molar-refractivity contribution in [1.82, 2.24) is 0 Å². The van der Waals surface area contributed by atoms with Crippen LogP contribution in [0.3, 0.4) is 0 Å². The molecule has 0 aromatic heterocycles. The van der Waals surface area contributed by atoms with Gasteiger partial charge in [0.15, 0.2) is 0 Å². The van der Waals surface area contributed by atoms with Crippen molar-refractivity contribution < 1.29 is 4.39 Å². The van der Waals surface area contributed by atoms with E-state index >= 15 is 0 Å². The van der Waals surface area contributed by atoms with Gasteiger partial charge < -0.3 is 10.6 Å². The quantitative estimate of drug-likeness (QED) is 0.842. The van der Waals surface area contributed by atoms with Gasteiger partial charge in [-0.05, 0) is 44.9 Å². The van der Waals surface area contributed by atoms with Crippen molar-refractivity contribution in [3.05, 3.63) is 29.6 Å². The first kappa shape index (κ1) is 15.0. The Kier molecular flexibility index (Phi) is 5.60. The largest absolute Gasteiger partial charge is 0.369 e. The average Bonchev–Trinajstić information content (AvgIpc) is 2.28. The van der Waals surface area contributed by atoms with E-state index in [2.05, 4.69) is 32.6 Å². The Hall–Kier alpha value is -1.09. The SMILES string of the molecule is CC(C)CN(c1cccc(F)c1CCN)C(C)C. The molecule has 1 aromatic rings. The van der Waals surface area contributed by atoms with Crippen LogP contribution in [0.25, 0.3) is 0 Å². The first-order chi connectivity index (χ1) is 8.47. The minimum Gasteiger partial charge on any atom is -0.369 e. The molecule has 18 heavy (non-hydrogen) atoms. The van der Waals surface area contributed by atoms with Gasteiger partial charge >= 0.3 is 0 Å². The fourth-order valence-electron chi connectivity index (χ4n) is 2.19. The maximum absolute atomic E-state index is 13.9. The van der Waals surface area contributed by atoms with E-state index in [1.165, 1.54) is 6.07 Å². The average molecular weight is 252 g/mol. The number of hydrogen-bond acceptors (Lipinski definition) is 2. The van der Waals surface area contributed by atoms with Crippen molar-refractivity contribution in [3.63, 3.8) is 0 Å². The van der Waals surface area contributed by atoms with Crippen LogP contribution in [0.2, 0.25) is 0 Å². The summed E-state index contributed by atoms with van der Waals surface area (Å²) in [5, 5.41) is 0. The Morgan fingerprint density at radius 1 is 1.22 bits per heavy atom. The van der Waals surface area contributed by atoms with E-state index in [4.69, 9.17) is 5.73 Å². The van der Waals surface area contributed by atoms with Gasteiger partial charge in [-0.1, -0.05) is 19.9 Å². The Bertz CT molecular complexity index is 375. The standard InChI is InChI=1S/C15H25FN2/c1-11(2)10-18(12(3)4)15-7-5-6-14(16)13(15)8-9-17/h5-7,11-12H,8-10,17H2,1-4H3. The second-order valence-corrected chi connectivity index (χ2v) is 5.42. The van der Waals surface area contributed by atoms with Gasteiger partial charge in [-0.25, -0.2) is 4.39 Å². The molecule has 0 bridgehead atoms. The summed E-state index contributed by atoms with van der Waals surface area (Å²) in [6.45, 7) is 10.0. The molecule has 0 heterocycles. The molecule has 0 saturated carbocycles. The van der Waals surface area contributed by atoms with E-state index in [-0.39, 0.29) is 5.82 Å². The van der Waals surface area contributed by atoms with Crippen molar-refractivity contribution >= 4 is 5.69 Å². The van der Waals surface area contributed by atoms with Crippen molar-refractivity contribution in [1.29, 1.82) is 0 Å². The Balaban J connectivity index is 3.14. The second-order valence-electron chi connectivity index (χ2n) is 5.42. The van der Waals surface area contributed by atoms with Crippen molar-refractivity contribution in [2.24, 2.45) is 11.7 Å². The third-order valence-electron chi connectivity index (χ3n) is 2.98. The third-order valence-corrected chi connectivity index (χ3v) is 2.98. The van der Waals surface area contributed by atoms with E-state index in [1.807, 2.05) is 6.07 Å². The highest BCUT2D eigenvalue weighted by Crippen LogP contribution is 2.26. The summed E-state index contributed by atoms with van der Waals surface area (Å²) in [6.07, 6.45) is 0.587. The minimum atomic E-state index is -0.146. The van der Waals surface area contributed by atoms with Gasteiger partial charge in [-0.3, -0.25) is 0 Å². The fourth-order valence-corrected chi connectivity index (χ4v) is 2.19. The molecule has 0 spiro atoms. The second kappa shape index (κ2) is 6.74. The van der Waals surface area contributed by atoms with Gasteiger partial charge in [0, 0.05) is 23.8 Å². The van der Waals surface area contributed by atoms with Crippen LogP contribution in [0.5, 0.6) is 0 Å². The van der Waals surface area contributed by atoms with E-state index in [1.54, 1.807) is 6.07 Å². The summed E-state index contributed by atoms with van der Waals surface area (Å²) in [6, 6.07) is 5.64. The number of nitrogens with two attached hydrogens (primary N) is 1. The molecule has 0 saturated heterocycles. The summed E-state index contributed by atoms with van der Waals surface area (Å²) in [7, 11) is 0. The summed E-state index contributed by atoms with van der Waals surface area (Å²) in [5.74, 6) is 0.397. The van der Waals surface area contributed by atoms with Crippen LogP contribution in [-0.4, -0.2) is 19.1 Å². The van der Waals surface area contributed by atoms with Crippen LogP contribution in [0, 0.1) is 11.7 Å². The summed E-state index contributed by atoms with van der Waals surface area (Å²) in [4.78, 5) is 2.26. The van der Waals surface area contributed by atoms with Gasteiger partial charge in [-0.2, -0.15) is 0 Å². The molecule has 3 heteroatoms. The zero-order chi connectivity index (χ0) is 13.7. The van der Waals surface area contributed by atoms with E-state index in [0.717, 1.165) is 17.8 Å². The number of rotatable bonds is 6. The Morgan fingerprint density at radius 3 is 2.39 bits per heavy atom. The van der Waals surface area contributed by atoms with Crippen LogP contribution in [0.1, 0.15) is 33.3 Å². The molecule has 0 aliphatic rings. The van der Waals surface area contributed by atoms with Crippen LogP contribution in [0.4, 0.5) is 10.1 Å². The normalized spacial score (nSPS) is 11.3. The van der Waals surface area contributed by atoms with Crippen LogP contribution in [0.15, 0.2) is 18.2 Å².